The summed E-state index contributed by atoms with van der Waals surface area (Å²) in [5.41, 5.74) is 10.6. The molecule has 0 aliphatic carbocycles. The summed E-state index contributed by atoms with van der Waals surface area (Å²) in [7, 11) is 3.52. The van der Waals surface area contributed by atoms with Gasteiger partial charge in [0.15, 0.2) is 5.96 Å². The Balaban J connectivity index is 4.34. The smallest absolute Gasteiger partial charge is 0.260 e. The predicted octanol–water partition coefficient (Wildman–Crippen LogP) is -0.0925. The van der Waals surface area contributed by atoms with Gasteiger partial charge in [0.1, 0.15) is 5.60 Å². The van der Waals surface area contributed by atoms with E-state index in [1.165, 1.54) is 0 Å². The fourth-order valence-corrected chi connectivity index (χ4v) is 0.421. The maximum Gasteiger partial charge on any atom is 0.260 e. The molecule has 0 aromatic heterocycles. The largest absolute Gasteiger partial charge is 0.387 e. The Kier molecular flexibility index (Phi) is 4.20. The molecule has 0 rings (SSSR count). The number of oxime groups is 1. The zero-order chi connectivity index (χ0) is 11.4. The summed E-state index contributed by atoms with van der Waals surface area (Å²) >= 11 is 0. The van der Waals surface area contributed by atoms with E-state index >= 15 is 0 Å². The van der Waals surface area contributed by atoms with Crippen LogP contribution in [0.15, 0.2) is 10.1 Å². The van der Waals surface area contributed by atoms with E-state index in [-0.39, 0.29) is 17.5 Å². The SMILES string of the molecule is CN(C)/C(N)=N/C(N)=N/OC(C)(C)C. The number of rotatable bonds is 1. The first kappa shape index (κ1) is 12.5. The highest BCUT2D eigenvalue weighted by atomic mass is 16.6. The molecule has 0 atom stereocenters. The molecule has 0 fully saturated rings. The third-order valence-corrected chi connectivity index (χ3v) is 1.10. The molecular formula is C8H19N5O. The van der Waals surface area contributed by atoms with E-state index < -0.39 is 0 Å². The molecule has 4 N–H and O–H groups in total. The highest BCUT2D eigenvalue weighted by Gasteiger charge is 2.10. The molecule has 82 valence electrons. The molecule has 6 nitrogen and oxygen atoms in total. The van der Waals surface area contributed by atoms with Crippen LogP contribution in [-0.4, -0.2) is 36.5 Å². The van der Waals surface area contributed by atoms with Crippen molar-refractivity contribution in [3.05, 3.63) is 0 Å². The Morgan fingerprint density at radius 2 is 1.71 bits per heavy atom. The minimum atomic E-state index is -0.382. The topological polar surface area (TPSA) is 89.2 Å². The van der Waals surface area contributed by atoms with Crippen LogP contribution >= 0.6 is 0 Å². The van der Waals surface area contributed by atoms with E-state index in [9.17, 15) is 0 Å². The zero-order valence-electron chi connectivity index (χ0n) is 9.40. The van der Waals surface area contributed by atoms with Gasteiger partial charge in [-0.05, 0) is 25.9 Å². The average molecular weight is 201 g/mol. The summed E-state index contributed by atoms with van der Waals surface area (Å²) in [6.45, 7) is 5.59. The molecule has 0 aromatic carbocycles. The molecule has 0 bridgehead atoms. The normalized spacial score (nSPS) is 14.1. The fraction of sp³-hybridized carbons (Fsp3) is 0.750. The summed E-state index contributed by atoms with van der Waals surface area (Å²) in [4.78, 5) is 10.5. The molecule has 14 heavy (non-hydrogen) atoms. The number of nitrogens with zero attached hydrogens (tertiary/aromatic N) is 3. The maximum absolute atomic E-state index is 5.52. The molecule has 0 aliphatic heterocycles. The van der Waals surface area contributed by atoms with Gasteiger partial charge in [0.25, 0.3) is 5.96 Å². The predicted molar refractivity (Wildman–Crippen MR) is 57.8 cm³/mol. The van der Waals surface area contributed by atoms with Gasteiger partial charge < -0.3 is 21.2 Å². The zero-order valence-corrected chi connectivity index (χ0v) is 9.40. The van der Waals surface area contributed by atoms with E-state index in [0.29, 0.717) is 0 Å². The first-order valence-corrected chi connectivity index (χ1v) is 4.25. The van der Waals surface area contributed by atoms with Gasteiger partial charge in [-0.1, -0.05) is 0 Å². The fourth-order valence-electron chi connectivity index (χ4n) is 0.421. The second kappa shape index (κ2) is 4.69. The lowest BCUT2D eigenvalue weighted by molar-refractivity contribution is 0.000493. The Labute approximate surface area is 84.6 Å². The summed E-state index contributed by atoms with van der Waals surface area (Å²) in [6, 6.07) is 0. The molecular weight excluding hydrogens is 182 g/mol. The first-order valence-electron chi connectivity index (χ1n) is 4.25. The molecule has 0 saturated carbocycles. The van der Waals surface area contributed by atoms with Crippen molar-refractivity contribution in [1.29, 1.82) is 0 Å². The van der Waals surface area contributed by atoms with Crippen molar-refractivity contribution in [1.82, 2.24) is 4.90 Å². The standard InChI is InChI=1S/C8H19N5O/c1-8(2,3)14-12-6(9)11-7(10)13(4)5/h1-5H3,(H4,9,10,11,12). The quantitative estimate of drug-likeness (QED) is 0.352. The average Bonchev–Trinajstić information content (AvgIpc) is 1.99. The number of guanidine groups is 2. The summed E-state index contributed by atoms with van der Waals surface area (Å²) in [6.07, 6.45) is 0. The van der Waals surface area contributed by atoms with Gasteiger partial charge in [0.05, 0.1) is 0 Å². The number of aliphatic imine (C=N–C) groups is 1. The van der Waals surface area contributed by atoms with Crippen molar-refractivity contribution in [3.63, 3.8) is 0 Å². The Hall–Kier alpha value is -1.46. The molecule has 0 heterocycles. The first-order chi connectivity index (χ1) is 6.22. The Morgan fingerprint density at radius 1 is 1.21 bits per heavy atom. The molecule has 0 amide bonds. The highest BCUT2D eigenvalue weighted by Crippen LogP contribution is 2.06. The van der Waals surface area contributed by atoms with Crippen molar-refractivity contribution in [2.24, 2.45) is 21.6 Å². The van der Waals surface area contributed by atoms with Crippen LogP contribution in [0.3, 0.4) is 0 Å². The minimum absolute atomic E-state index is 0.00567. The van der Waals surface area contributed by atoms with Crippen molar-refractivity contribution in [3.8, 4) is 0 Å². The van der Waals surface area contributed by atoms with Crippen LogP contribution in [0.4, 0.5) is 0 Å². The highest BCUT2D eigenvalue weighted by molar-refractivity contribution is 5.92. The van der Waals surface area contributed by atoms with Crippen LogP contribution in [0, 0.1) is 0 Å². The summed E-state index contributed by atoms with van der Waals surface area (Å²) < 4.78 is 0. The number of hydrogen-bond acceptors (Lipinski definition) is 2. The maximum atomic E-state index is 5.52. The van der Waals surface area contributed by atoms with Gasteiger partial charge in [0, 0.05) is 14.1 Å². The molecule has 0 spiro atoms. The van der Waals surface area contributed by atoms with Crippen molar-refractivity contribution >= 4 is 11.9 Å². The van der Waals surface area contributed by atoms with Gasteiger partial charge in [-0.2, -0.15) is 4.99 Å². The van der Waals surface area contributed by atoms with Crippen LogP contribution < -0.4 is 11.5 Å². The van der Waals surface area contributed by atoms with E-state index in [0.717, 1.165) is 0 Å². The minimum Gasteiger partial charge on any atom is -0.387 e. The molecule has 6 heteroatoms. The van der Waals surface area contributed by atoms with Crippen LogP contribution in [0.5, 0.6) is 0 Å². The summed E-state index contributed by atoms with van der Waals surface area (Å²) in [5.74, 6) is 0.287. The van der Waals surface area contributed by atoms with Crippen molar-refractivity contribution in [2.45, 2.75) is 26.4 Å². The van der Waals surface area contributed by atoms with Crippen LogP contribution in [0.2, 0.25) is 0 Å². The van der Waals surface area contributed by atoms with Gasteiger partial charge in [-0.25, -0.2) is 0 Å². The van der Waals surface area contributed by atoms with E-state index in [1.54, 1.807) is 19.0 Å². The van der Waals surface area contributed by atoms with Crippen LogP contribution in [0.25, 0.3) is 0 Å². The second-order valence-electron chi connectivity index (χ2n) is 4.02. The monoisotopic (exact) mass is 201 g/mol. The van der Waals surface area contributed by atoms with Crippen LogP contribution in [-0.2, 0) is 4.84 Å². The van der Waals surface area contributed by atoms with E-state index in [4.69, 9.17) is 16.3 Å². The van der Waals surface area contributed by atoms with E-state index in [1.807, 2.05) is 20.8 Å². The molecule has 0 saturated heterocycles. The molecule has 0 radical (unpaired) electrons. The van der Waals surface area contributed by atoms with E-state index in [2.05, 4.69) is 10.1 Å². The third kappa shape index (κ3) is 6.10. The lowest BCUT2D eigenvalue weighted by Crippen LogP contribution is -2.32. The molecule has 0 aliphatic rings. The molecule has 0 unspecified atom stereocenters. The van der Waals surface area contributed by atoms with Gasteiger partial charge in [-0.3, -0.25) is 0 Å². The van der Waals surface area contributed by atoms with Gasteiger partial charge in [-0.15, -0.1) is 0 Å². The summed E-state index contributed by atoms with van der Waals surface area (Å²) in [5, 5.41) is 3.62. The molecule has 0 aromatic rings. The Morgan fingerprint density at radius 3 is 2.07 bits per heavy atom. The third-order valence-electron chi connectivity index (χ3n) is 1.10. The van der Waals surface area contributed by atoms with Crippen molar-refractivity contribution < 1.29 is 4.84 Å². The van der Waals surface area contributed by atoms with Gasteiger partial charge in [0.2, 0.25) is 0 Å². The number of nitrogens with two attached hydrogens (primary N) is 2. The lowest BCUT2D eigenvalue weighted by Gasteiger charge is -2.15. The Bertz CT molecular complexity index is 239. The number of hydrogen-bond donors (Lipinski definition) is 2. The van der Waals surface area contributed by atoms with Crippen molar-refractivity contribution in [2.75, 3.05) is 14.1 Å². The van der Waals surface area contributed by atoms with Gasteiger partial charge >= 0.3 is 0 Å². The lowest BCUT2D eigenvalue weighted by atomic mass is 10.2. The van der Waals surface area contributed by atoms with Crippen LogP contribution in [0.1, 0.15) is 20.8 Å². The second-order valence-corrected chi connectivity index (χ2v) is 4.02.